The van der Waals surface area contributed by atoms with Crippen LogP contribution in [0.2, 0.25) is 0 Å². The van der Waals surface area contributed by atoms with Crippen molar-refractivity contribution >= 4 is 11.9 Å². The predicted octanol–water partition coefficient (Wildman–Crippen LogP) is 3.41. The fourth-order valence-electron chi connectivity index (χ4n) is 1.50. The first kappa shape index (κ1) is 12.5. The lowest BCUT2D eigenvalue weighted by atomic mass is 10.0. The zero-order valence-electron chi connectivity index (χ0n) is 9.81. The lowest BCUT2D eigenvalue weighted by Crippen LogP contribution is -2.06. The van der Waals surface area contributed by atoms with Crippen LogP contribution in [0, 0.1) is 5.92 Å². The van der Waals surface area contributed by atoms with Gasteiger partial charge in [0.15, 0.2) is 5.78 Å². The van der Waals surface area contributed by atoms with Crippen molar-refractivity contribution in [3.63, 3.8) is 0 Å². The number of phenolic OH excluding ortho intramolecular Hbond substituents is 1. The van der Waals surface area contributed by atoms with Crippen LogP contribution in [-0.2, 0) is 4.79 Å². The van der Waals surface area contributed by atoms with Gasteiger partial charge in [-0.2, -0.15) is 0 Å². The molecule has 1 rings (SSSR count). The fraction of sp³-hybridized carbons (Fsp3) is 0.357. The van der Waals surface area contributed by atoms with Crippen molar-refractivity contribution in [2.75, 3.05) is 0 Å². The van der Waals surface area contributed by atoms with Crippen molar-refractivity contribution in [3.05, 3.63) is 35.9 Å². The molecule has 0 aliphatic carbocycles. The Labute approximate surface area is 96.6 Å². The van der Waals surface area contributed by atoms with Gasteiger partial charge in [-0.1, -0.05) is 38.5 Å². The molecule has 0 aromatic heterocycles. The normalized spacial score (nSPS) is 12.9. The van der Waals surface area contributed by atoms with E-state index in [2.05, 4.69) is 6.92 Å². The Morgan fingerprint density at radius 2 is 2.00 bits per heavy atom. The molecule has 0 heterocycles. The van der Waals surface area contributed by atoms with Gasteiger partial charge in [-0.3, -0.25) is 4.79 Å². The highest BCUT2D eigenvalue weighted by Crippen LogP contribution is 2.12. The molecule has 0 saturated carbocycles. The summed E-state index contributed by atoms with van der Waals surface area (Å²) in [6.07, 6.45) is 5.36. The van der Waals surface area contributed by atoms with Gasteiger partial charge >= 0.3 is 0 Å². The fourth-order valence-corrected chi connectivity index (χ4v) is 1.50. The van der Waals surface area contributed by atoms with Gasteiger partial charge in [0.1, 0.15) is 5.75 Å². The van der Waals surface area contributed by atoms with Crippen LogP contribution in [0.5, 0.6) is 5.75 Å². The SMILES string of the molecule is CCCC(C)C(=O)/C=C/c1ccc(O)cc1. The van der Waals surface area contributed by atoms with Crippen LogP contribution in [0.25, 0.3) is 6.08 Å². The third-order valence-electron chi connectivity index (χ3n) is 2.54. The highest BCUT2D eigenvalue weighted by atomic mass is 16.3. The lowest BCUT2D eigenvalue weighted by Gasteiger charge is -2.04. The molecule has 2 heteroatoms. The van der Waals surface area contributed by atoms with Gasteiger partial charge in [0, 0.05) is 5.92 Å². The molecule has 2 nitrogen and oxygen atoms in total. The van der Waals surface area contributed by atoms with E-state index in [0.717, 1.165) is 18.4 Å². The average molecular weight is 218 g/mol. The van der Waals surface area contributed by atoms with Gasteiger partial charge in [0.25, 0.3) is 0 Å². The summed E-state index contributed by atoms with van der Waals surface area (Å²) in [5.74, 6) is 0.496. The maximum Gasteiger partial charge on any atom is 0.158 e. The number of hydrogen-bond acceptors (Lipinski definition) is 2. The standard InChI is InChI=1S/C14H18O2/c1-3-4-11(2)14(16)10-7-12-5-8-13(15)9-6-12/h5-11,15H,3-4H2,1-2H3/b10-7+. The summed E-state index contributed by atoms with van der Waals surface area (Å²) in [7, 11) is 0. The summed E-state index contributed by atoms with van der Waals surface area (Å²) in [5, 5.41) is 9.10. The van der Waals surface area contributed by atoms with Gasteiger partial charge in [0.2, 0.25) is 0 Å². The Morgan fingerprint density at radius 1 is 1.38 bits per heavy atom. The lowest BCUT2D eigenvalue weighted by molar-refractivity contribution is -0.117. The molecule has 86 valence electrons. The van der Waals surface area contributed by atoms with Crippen LogP contribution in [0.3, 0.4) is 0 Å². The molecule has 1 aromatic rings. The molecule has 0 spiro atoms. The minimum absolute atomic E-state index is 0.0957. The second kappa shape index (κ2) is 6.11. The molecule has 16 heavy (non-hydrogen) atoms. The van der Waals surface area contributed by atoms with Crippen molar-refractivity contribution in [2.45, 2.75) is 26.7 Å². The summed E-state index contributed by atoms with van der Waals surface area (Å²) >= 11 is 0. The van der Waals surface area contributed by atoms with E-state index < -0.39 is 0 Å². The molecule has 0 aliphatic heterocycles. The average Bonchev–Trinajstić information content (AvgIpc) is 2.28. The van der Waals surface area contributed by atoms with E-state index in [1.165, 1.54) is 0 Å². The van der Waals surface area contributed by atoms with Gasteiger partial charge in [0.05, 0.1) is 0 Å². The molecule has 0 aliphatic rings. The zero-order valence-corrected chi connectivity index (χ0v) is 9.81. The zero-order chi connectivity index (χ0) is 12.0. The number of aromatic hydroxyl groups is 1. The molecule has 1 unspecified atom stereocenters. The second-order valence-electron chi connectivity index (χ2n) is 4.02. The Hall–Kier alpha value is -1.57. The molecule has 0 amide bonds. The molecule has 0 radical (unpaired) electrons. The molecule has 1 N–H and O–H groups in total. The van der Waals surface area contributed by atoms with Crippen molar-refractivity contribution in [3.8, 4) is 5.75 Å². The number of phenols is 1. The molecule has 0 fully saturated rings. The van der Waals surface area contributed by atoms with Gasteiger partial charge in [-0.05, 0) is 30.2 Å². The van der Waals surface area contributed by atoms with Gasteiger partial charge < -0.3 is 5.11 Å². The Kier molecular flexibility index (Phi) is 4.77. The van der Waals surface area contributed by atoms with E-state index in [9.17, 15) is 4.79 Å². The van der Waals surface area contributed by atoms with Gasteiger partial charge in [-0.15, -0.1) is 0 Å². The number of carbonyl (C=O) groups excluding carboxylic acids is 1. The van der Waals surface area contributed by atoms with Crippen LogP contribution >= 0.6 is 0 Å². The van der Waals surface area contributed by atoms with Crippen LogP contribution in [0.1, 0.15) is 32.3 Å². The van der Waals surface area contributed by atoms with Gasteiger partial charge in [-0.25, -0.2) is 0 Å². The van der Waals surface area contributed by atoms with Crippen LogP contribution in [0.15, 0.2) is 30.3 Å². The quantitative estimate of drug-likeness (QED) is 0.769. The predicted molar refractivity (Wildman–Crippen MR) is 66.2 cm³/mol. The first-order chi connectivity index (χ1) is 7.63. The first-order valence-electron chi connectivity index (χ1n) is 5.64. The molecular weight excluding hydrogens is 200 g/mol. The minimum Gasteiger partial charge on any atom is -0.508 e. The van der Waals surface area contributed by atoms with E-state index in [1.54, 1.807) is 36.4 Å². The van der Waals surface area contributed by atoms with E-state index >= 15 is 0 Å². The second-order valence-corrected chi connectivity index (χ2v) is 4.02. The maximum atomic E-state index is 11.6. The molecule has 0 bridgehead atoms. The molecular formula is C14H18O2. The first-order valence-corrected chi connectivity index (χ1v) is 5.64. The monoisotopic (exact) mass is 218 g/mol. The summed E-state index contributed by atoms with van der Waals surface area (Å²) in [5.41, 5.74) is 0.926. The van der Waals surface area contributed by atoms with Crippen LogP contribution in [-0.4, -0.2) is 10.9 Å². The molecule has 1 atom stereocenters. The summed E-state index contributed by atoms with van der Waals surface area (Å²) in [6.45, 7) is 4.03. The topological polar surface area (TPSA) is 37.3 Å². The van der Waals surface area contributed by atoms with E-state index in [0.29, 0.717) is 0 Å². The summed E-state index contributed by atoms with van der Waals surface area (Å²) in [6, 6.07) is 6.78. The largest absolute Gasteiger partial charge is 0.508 e. The Balaban J connectivity index is 2.59. The maximum absolute atomic E-state index is 11.6. The number of rotatable bonds is 5. The van der Waals surface area contributed by atoms with E-state index in [-0.39, 0.29) is 17.5 Å². The third-order valence-corrected chi connectivity index (χ3v) is 2.54. The number of ketones is 1. The smallest absolute Gasteiger partial charge is 0.158 e. The van der Waals surface area contributed by atoms with E-state index in [4.69, 9.17) is 5.11 Å². The van der Waals surface area contributed by atoms with Crippen LogP contribution < -0.4 is 0 Å². The van der Waals surface area contributed by atoms with Crippen molar-refractivity contribution < 1.29 is 9.90 Å². The third kappa shape index (κ3) is 3.89. The number of hydrogen-bond donors (Lipinski definition) is 1. The van der Waals surface area contributed by atoms with Crippen molar-refractivity contribution in [1.29, 1.82) is 0 Å². The van der Waals surface area contributed by atoms with Crippen LogP contribution in [0.4, 0.5) is 0 Å². The summed E-state index contributed by atoms with van der Waals surface area (Å²) in [4.78, 5) is 11.6. The van der Waals surface area contributed by atoms with Crippen molar-refractivity contribution in [2.24, 2.45) is 5.92 Å². The Bertz CT molecular complexity index is 363. The highest BCUT2D eigenvalue weighted by molar-refractivity contribution is 5.95. The molecule has 1 aromatic carbocycles. The van der Waals surface area contributed by atoms with E-state index in [1.807, 2.05) is 6.92 Å². The minimum atomic E-state index is 0.0957. The highest BCUT2D eigenvalue weighted by Gasteiger charge is 2.07. The number of allylic oxidation sites excluding steroid dienone is 1. The molecule has 0 saturated heterocycles. The van der Waals surface area contributed by atoms with Crippen molar-refractivity contribution in [1.82, 2.24) is 0 Å². The number of benzene rings is 1. The summed E-state index contributed by atoms with van der Waals surface area (Å²) < 4.78 is 0. The Morgan fingerprint density at radius 3 is 2.56 bits per heavy atom. The number of carbonyl (C=O) groups is 1.